The van der Waals surface area contributed by atoms with E-state index in [9.17, 15) is 4.79 Å². The van der Waals surface area contributed by atoms with Crippen LogP contribution in [0.3, 0.4) is 0 Å². The van der Waals surface area contributed by atoms with Gasteiger partial charge in [0.1, 0.15) is 0 Å². The van der Waals surface area contributed by atoms with E-state index in [1.807, 2.05) is 31.1 Å². The molecule has 1 amide bonds. The smallest absolute Gasteiger partial charge is 0.220 e. The lowest BCUT2D eigenvalue weighted by Gasteiger charge is -2.08. The molecule has 1 aliphatic heterocycles. The van der Waals surface area contributed by atoms with E-state index in [1.54, 1.807) is 0 Å². The van der Waals surface area contributed by atoms with E-state index in [2.05, 4.69) is 10.7 Å². The fraction of sp³-hybridized carbons (Fsp3) is 0.700. The molecule has 80 valence electrons. The summed E-state index contributed by atoms with van der Waals surface area (Å²) in [4.78, 5) is 11.4. The second-order valence-corrected chi connectivity index (χ2v) is 3.69. The van der Waals surface area contributed by atoms with Gasteiger partial charge < -0.3 is 5.32 Å². The van der Waals surface area contributed by atoms with Crippen molar-refractivity contribution in [1.29, 1.82) is 0 Å². The summed E-state index contributed by atoms with van der Waals surface area (Å²) in [5.41, 5.74) is 3.18. The number of hydrogen-bond donors (Lipinski definition) is 2. The van der Waals surface area contributed by atoms with Gasteiger partial charge in [0.05, 0.1) is 0 Å². The van der Waals surface area contributed by atoms with Gasteiger partial charge in [0.25, 0.3) is 0 Å². The lowest BCUT2D eigenvalue weighted by atomic mass is 10.1. The van der Waals surface area contributed by atoms with Crippen molar-refractivity contribution < 1.29 is 4.79 Å². The second-order valence-electron chi connectivity index (χ2n) is 3.69. The molecule has 0 saturated carbocycles. The molecule has 0 spiro atoms. The topological polar surface area (TPSA) is 44.4 Å². The Morgan fingerprint density at radius 2 is 2.50 bits per heavy atom. The normalized spacial score (nSPS) is 23.1. The highest BCUT2D eigenvalue weighted by molar-refractivity contribution is 5.76. The average molecular weight is 197 g/mol. The highest BCUT2D eigenvalue weighted by Crippen LogP contribution is 2.08. The largest absolute Gasteiger partial charge is 0.353 e. The molecule has 0 aromatic heterocycles. The molecule has 1 unspecified atom stereocenters. The zero-order chi connectivity index (χ0) is 10.4. The zero-order valence-electron chi connectivity index (χ0n) is 8.92. The molecule has 4 heteroatoms. The molecular formula is C10H19N3O. The molecule has 1 aliphatic rings. The summed E-state index contributed by atoms with van der Waals surface area (Å²) in [6.45, 7) is 4.46. The summed E-state index contributed by atoms with van der Waals surface area (Å²) in [5, 5.41) is 4.88. The van der Waals surface area contributed by atoms with Crippen molar-refractivity contribution in [3.63, 3.8) is 0 Å². The van der Waals surface area contributed by atoms with E-state index >= 15 is 0 Å². The summed E-state index contributed by atoms with van der Waals surface area (Å²) in [7, 11) is 2.00. The highest BCUT2D eigenvalue weighted by atomic mass is 16.1. The highest BCUT2D eigenvalue weighted by Gasteiger charge is 2.21. The second kappa shape index (κ2) is 5.78. The van der Waals surface area contributed by atoms with Crippen LogP contribution >= 0.6 is 0 Å². The van der Waals surface area contributed by atoms with E-state index in [0.717, 1.165) is 13.1 Å². The molecule has 4 nitrogen and oxygen atoms in total. The maximum absolute atomic E-state index is 11.4. The molecule has 0 bridgehead atoms. The van der Waals surface area contributed by atoms with Crippen molar-refractivity contribution >= 4 is 5.91 Å². The van der Waals surface area contributed by atoms with Gasteiger partial charge in [0.15, 0.2) is 0 Å². The zero-order valence-corrected chi connectivity index (χ0v) is 8.92. The Balaban J connectivity index is 2.14. The maximum atomic E-state index is 11.4. The standard InChI is InChI=1S/C10H19N3O/c1-3-4-5-11-10(14)6-9-7-12-13(2)8-9/h3-4,9,12H,5-8H2,1-2H3,(H,11,14)/b4-3+. The van der Waals surface area contributed by atoms with Crippen molar-refractivity contribution in [1.82, 2.24) is 15.8 Å². The number of carbonyl (C=O) groups is 1. The number of hydrogen-bond acceptors (Lipinski definition) is 3. The van der Waals surface area contributed by atoms with Crippen LogP contribution in [0.5, 0.6) is 0 Å². The van der Waals surface area contributed by atoms with Gasteiger partial charge in [-0.15, -0.1) is 0 Å². The van der Waals surface area contributed by atoms with E-state index in [4.69, 9.17) is 0 Å². The minimum atomic E-state index is 0.144. The molecule has 1 atom stereocenters. The summed E-state index contributed by atoms with van der Waals surface area (Å²) in [6, 6.07) is 0. The molecule has 1 heterocycles. The van der Waals surface area contributed by atoms with Crippen LogP contribution in [0, 0.1) is 5.92 Å². The third-order valence-electron chi connectivity index (χ3n) is 2.31. The number of rotatable bonds is 4. The Labute approximate surface area is 85.3 Å². The molecule has 0 aromatic carbocycles. The summed E-state index contributed by atoms with van der Waals surface area (Å²) < 4.78 is 0. The Hall–Kier alpha value is -0.870. The first-order valence-corrected chi connectivity index (χ1v) is 5.05. The lowest BCUT2D eigenvalue weighted by Crippen LogP contribution is -2.27. The monoisotopic (exact) mass is 197 g/mol. The van der Waals surface area contributed by atoms with Crippen molar-refractivity contribution in [2.45, 2.75) is 13.3 Å². The van der Waals surface area contributed by atoms with Gasteiger partial charge in [-0.1, -0.05) is 12.2 Å². The quantitative estimate of drug-likeness (QED) is 0.630. The van der Waals surface area contributed by atoms with Crippen LogP contribution in [0.4, 0.5) is 0 Å². The van der Waals surface area contributed by atoms with Crippen molar-refractivity contribution in [3.05, 3.63) is 12.2 Å². The number of carbonyl (C=O) groups excluding carboxylic acids is 1. The van der Waals surface area contributed by atoms with Crippen LogP contribution in [-0.4, -0.2) is 37.6 Å². The van der Waals surface area contributed by atoms with E-state index in [0.29, 0.717) is 18.9 Å². The van der Waals surface area contributed by atoms with Crippen LogP contribution in [-0.2, 0) is 4.79 Å². The molecule has 0 radical (unpaired) electrons. The molecule has 2 N–H and O–H groups in total. The first kappa shape index (κ1) is 11.2. The number of allylic oxidation sites excluding steroid dienone is 1. The summed E-state index contributed by atoms with van der Waals surface area (Å²) >= 11 is 0. The Bertz CT molecular complexity index is 215. The summed E-state index contributed by atoms with van der Waals surface area (Å²) in [6.07, 6.45) is 4.50. The Morgan fingerprint density at radius 3 is 3.07 bits per heavy atom. The van der Waals surface area contributed by atoms with Crippen molar-refractivity contribution in [2.75, 3.05) is 26.7 Å². The third kappa shape index (κ3) is 3.89. The lowest BCUT2D eigenvalue weighted by molar-refractivity contribution is -0.121. The Morgan fingerprint density at radius 1 is 1.71 bits per heavy atom. The van der Waals surface area contributed by atoms with Crippen LogP contribution in [0.25, 0.3) is 0 Å². The van der Waals surface area contributed by atoms with Gasteiger partial charge in [-0.3, -0.25) is 10.2 Å². The predicted octanol–water partition coefficient (Wildman–Crippen LogP) is 0.135. The third-order valence-corrected chi connectivity index (χ3v) is 2.31. The van der Waals surface area contributed by atoms with E-state index in [1.165, 1.54) is 0 Å². The van der Waals surface area contributed by atoms with Crippen LogP contribution < -0.4 is 10.7 Å². The van der Waals surface area contributed by atoms with Gasteiger partial charge in [-0.05, 0) is 12.8 Å². The average Bonchev–Trinajstić information content (AvgIpc) is 2.52. The van der Waals surface area contributed by atoms with Crippen LogP contribution in [0.2, 0.25) is 0 Å². The first-order valence-electron chi connectivity index (χ1n) is 5.05. The molecule has 1 fully saturated rings. The molecule has 1 rings (SSSR count). The van der Waals surface area contributed by atoms with Gasteiger partial charge >= 0.3 is 0 Å². The van der Waals surface area contributed by atoms with E-state index < -0.39 is 0 Å². The predicted molar refractivity (Wildman–Crippen MR) is 56.6 cm³/mol. The first-order chi connectivity index (χ1) is 6.72. The fourth-order valence-electron chi connectivity index (χ4n) is 1.56. The number of nitrogens with zero attached hydrogens (tertiary/aromatic N) is 1. The molecular weight excluding hydrogens is 178 g/mol. The van der Waals surface area contributed by atoms with Gasteiger partial charge in [0, 0.05) is 33.1 Å². The molecule has 14 heavy (non-hydrogen) atoms. The van der Waals surface area contributed by atoms with Gasteiger partial charge in [-0.2, -0.15) is 0 Å². The minimum absolute atomic E-state index is 0.144. The molecule has 1 saturated heterocycles. The number of amides is 1. The molecule has 0 aromatic rings. The fourth-order valence-corrected chi connectivity index (χ4v) is 1.56. The van der Waals surface area contributed by atoms with Gasteiger partial charge in [0.2, 0.25) is 5.91 Å². The summed E-state index contributed by atoms with van der Waals surface area (Å²) in [5.74, 6) is 0.593. The number of nitrogens with one attached hydrogen (secondary N) is 2. The van der Waals surface area contributed by atoms with Crippen molar-refractivity contribution in [2.24, 2.45) is 5.92 Å². The molecule has 0 aliphatic carbocycles. The van der Waals surface area contributed by atoms with Gasteiger partial charge in [-0.25, -0.2) is 5.01 Å². The SMILES string of the molecule is C/C=C/CNC(=O)CC1CNN(C)C1. The van der Waals surface area contributed by atoms with Crippen LogP contribution in [0.15, 0.2) is 12.2 Å². The maximum Gasteiger partial charge on any atom is 0.220 e. The van der Waals surface area contributed by atoms with E-state index in [-0.39, 0.29) is 5.91 Å². The number of hydrazine groups is 1. The van der Waals surface area contributed by atoms with Crippen molar-refractivity contribution in [3.8, 4) is 0 Å². The Kier molecular flexibility index (Phi) is 4.62. The van der Waals surface area contributed by atoms with Crippen LogP contribution in [0.1, 0.15) is 13.3 Å². The minimum Gasteiger partial charge on any atom is -0.353 e.